The van der Waals surface area contributed by atoms with E-state index in [4.69, 9.17) is 5.26 Å². The van der Waals surface area contributed by atoms with E-state index in [0.717, 1.165) is 65.4 Å². The highest BCUT2D eigenvalue weighted by Crippen LogP contribution is 2.34. The fourth-order valence-corrected chi connectivity index (χ4v) is 5.42. The number of piperidine rings is 1. The average molecular weight is 477 g/mol. The number of imidazole rings is 1. The van der Waals surface area contributed by atoms with E-state index in [9.17, 15) is 4.79 Å². The molecule has 7 nitrogen and oxygen atoms in total. The number of rotatable bonds is 3. The van der Waals surface area contributed by atoms with Crippen molar-refractivity contribution < 1.29 is 4.79 Å². The molecule has 0 saturated carbocycles. The summed E-state index contributed by atoms with van der Waals surface area (Å²) in [5.41, 5.74) is 6.66. The first-order chi connectivity index (χ1) is 17.5. The Labute approximate surface area is 210 Å². The molecule has 0 radical (unpaired) electrons. The predicted molar refractivity (Wildman–Crippen MR) is 139 cm³/mol. The van der Waals surface area contributed by atoms with Gasteiger partial charge in [0, 0.05) is 55.4 Å². The van der Waals surface area contributed by atoms with E-state index in [-0.39, 0.29) is 5.91 Å². The van der Waals surface area contributed by atoms with Crippen LogP contribution in [0.2, 0.25) is 0 Å². The minimum absolute atomic E-state index is 0.102. The highest BCUT2D eigenvalue weighted by Gasteiger charge is 2.27. The molecular weight excluding hydrogens is 448 g/mol. The van der Waals surface area contributed by atoms with Gasteiger partial charge in [-0.05, 0) is 74.5 Å². The second kappa shape index (κ2) is 8.81. The van der Waals surface area contributed by atoms with Crippen molar-refractivity contribution in [1.29, 1.82) is 5.26 Å². The van der Waals surface area contributed by atoms with Gasteiger partial charge in [0.1, 0.15) is 0 Å². The van der Waals surface area contributed by atoms with Gasteiger partial charge in [-0.15, -0.1) is 0 Å². The maximum Gasteiger partial charge on any atom is 0.253 e. The van der Waals surface area contributed by atoms with Gasteiger partial charge in [0.25, 0.3) is 5.91 Å². The van der Waals surface area contributed by atoms with Crippen molar-refractivity contribution in [3.05, 3.63) is 83.8 Å². The molecule has 1 saturated heterocycles. The van der Waals surface area contributed by atoms with Crippen LogP contribution < -0.4 is 0 Å². The van der Waals surface area contributed by atoms with Gasteiger partial charge in [0.15, 0.2) is 5.82 Å². The standard InChI is InChI=1S/C29H28N6O/c1-32(2)25-4-3-12-33(19-25)29(36)22-9-10-26-24(14-22)18-34-17-23(21-7-5-20(16-30)6-8-21)15-27(34)28-31-11-13-35(26)28/h5-11,13-15,17,25H,3-4,12,18-19H2,1-2H3/t25-/m1/s1. The summed E-state index contributed by atoms with van der Waals surface area (Å²) < 4.78 is 4.31. The predicted octanol–water partition coefficient (Wildman–Crippen LogP) is 4.41. The molecular formula is C29H28N6O. The monoisotopic (exact) mass is 476 g/mol. The molecule has 2 aliphatic heterocycles. The van der Waals surface area contributed by atoms with Crippen LogP contribution in [0, 0.1) is 11.3 Å². The molecule has 0 N–H and O–H groups in total. The van der Waals surface area contributed by atoms with Crippen LogP contribution in [0.3, 0.4) is 0 Å². The normalized spacial score (nSPS) is 16.6. The molecule has 7 heteroatoms. The first-order valence-corrected chi connectivity index (χ1v) is 12.4. The fraction of sp³-hybridized carbons (Fsp3) is 0.276. The van der Waals surface area contributed by atoms with Crippen LogP contribution in [-0.4, -0.2) is 63.1 Å². The number of carbonyl (C=O) groups excluding carboxylic acids is 1. The van der Waals surface area contributed by atoms with Crippen LogP contribution in [0.25, 0.3) is 28.3 Å². The lowest BCUT2D eigenvalue weighted by Gasteiger charge is -2.36. The number of hydrogen-bond acceptors (Lipinski definition) is 4. The van der Waals surface area contributed by atoms with E-state index in [1.165, 1.54) is 0 Å². The Morgan fingerprint density at radius 3 is 2.72 bits per heavy atom. The Balaban J connectivity index is 1.36. The number of aromatic nitrogens is 3. The molecule has 1 amide bonds. The molecule has 4 aromatic rings. The number of benzene rings is 2. The third-order valence-corrected chi connectivity index (χ3v) is 7.45. The largest absolute Gasteiger partial charge is 0.340 e. The molecule has 2 aliphatic rings. The third-order valence-electron chi connectivity index (χ3n) is 7.45. The molecule has 6 rings (SSSR count). The molecule has 2 aromatic carbocycles. The Kier molecular flexibility index (Phi) is 5.46. The van der Waals surface area contributed by atoms with Crippen LogP contribution in [0.5, 0.6) is 0 Å². The topological polar surface area (TPSA) is 70.1 Å². The first-order valence-electron chi connectivity index (χ1n) is 12.4. The number of nitrogens with zero attached hydrogens (tertiary/aromatic N) is 6. The highest BCUT2D eigenvalue weighted by atomic mass is 16.2. The smallest absolute Gasteiger partial charge is 0.253 e. The Bertz CT molecular complexity index is 1490. The lowest BCUT2D eigenvalue weighted by molar-refractivity contribution is 0.0635. The van der Waals surface area contributed by atoms with Gasteiger partial charge in [-0.25, -0.2) is 4.98 Å². The summed E-state index contributed by atoms with van der Waals surface area (Å²) >= 11 is 0. The fourth-order valence-electron chi connectivity index (χ4n) is 5.42. The van der Waals surface area contributed by atoms with Gasteiger partial charge in [0.2, 0.25) is 0 Å². The second-order valence-electron chi connectivity index (χ2n) is 9.91. The molecule has 0 bridgehead atoms. The Morgan fingerprint density at radius 2 is 1.94 bits per heavy atom. The molecule has 2 aromatic heterocycles. The number of nitriles is 1. The van der Waals surface area contributed by atoms with Crippen molar-refractivity contribution in [3.8, 4) is 34.4 Å². The van der Waals surface area contributed by atoms with Crippen LogP contribution in [0.1, 0.15) is 34.3 Å². The van der Waals surface area contributed by atoms with Crippen molar-refractivity contribution in [2.45, 2.75) is 25.4 Å². The molecule has 1 atom stereocenters. The number of hydrogen-bond donors (Lipinski definition) is 0. The minimum Gasteiger partial charge on any atom is -0.340 e. The number of likely N-dealkylation sites (N-methyl/N-ethyl adjacent to an activating group) is 1. The number of carbonyl (C=O) groups is 1. The zero-order chi connectivity index (χ0) is 24.8. The van der Waals surface area contributed by atoms with Crippen LogP contribution in [-0.2, 0) is 6.54 Å². The second-order valence-corrected chi connectivity index (χ2v) is 9.91. The molecule has 0 spiro atoms. The lowest BCUT2D eigenvalue weighted by Crippen LogP contribution is -2.47. The van der Waals surface area contributed by atoms with Gasteiger partial charge in [0.05, 0.1) is 23.0 Å². The molecule has 36 heavy (non-hydrogen) atoms. The van der Waals surface area contributed by atoms with E-state index >= 15 is 0 Å². The summed E-state index contributed by atoms with van der Waals surface area (Å²) in [5, 5.41) is 9.13. The van der Waals surface area contributed by atoms with Gasteiger partial charge >= 0.3 is 0 Å². The van der Waals surface area contributed by atoms with Crippen molar-refractivity contribution >= 4 is 5.91 Å². The zero-order valence-electron chi connectivity index (χ0n) is 20.6. The zero-order valence-corrected chi connectivity index (χ0v) is 20.6. The molecule has 4 heterocycles. The van der Waals surface area contributed by atoms with Gasteiger partial charge in [-0.1, -0.05) is 12.1 Å². The molecule has 0 unspecified atom stereocenters. The van der Waals surface area contributed by atoms with Crippen molar-refractivity contribution in [3.63, 3.8) is 0 Å². The average Bonchev–Trinajstić information content (AvgIpc) is 3.53. The minimum atomic E-state index is 0.102. The number of amides is 1. The van der Waals surface area contributed by atoms with Crippen molar-refractivity contribution in [2.75, 3.05) is 27.2 Å². The number of likely N-dealkylation sites (tertiary alicyclic amines) is 1. The summed E-state index contributed by atoms with van der Waals surface area (Å²) in [6, 6.07) is 18.4. The van der Waals surface area contributed by atoms with Crippen LogP contribution >= 0.6 is 0 Å². The van der Waals surface area contributed by atoms with E-state index in [0.29, 0.717) is 18.2 Å². The SMILES string of the molecule is CN(C)[C@@H]1CCCN(C(=O)c2ccc3c(c2)Cn2cc(-c4ccc(C#N)cc4)cc2-c2nccn2-3)C1. The van der Waals surface area contributed by atoms with Gasteiger partial charge < -0.3 is 14.4 Å². The van der Waals surface area contributed by atoms with Gasteiger partial charge in [-0.3, -0.25) is 9.36 Å². The molecule has 1 fully saturated rings. The summed E-state index contributed by atoms with van der Waals surface area (Å²) in [4.78, 5) is 22.4. The van der Waals surface area contributed by atoms with E-state index in [2.05, 4.69) is 63.6 Å². The summed E-state index contributed by atoms with van der Waals surface area (Å²) in [6.45, 7) is 2.22. The molecule has 0 aliphatic carbocycles. The Morgan fingerprint density at radius 1 is 1.11 bits per heavy atom. The van der Waals surface area contributed by atoms with E-state index in [1.807, 2.05) is 47.6 Å². The van der Waals surface area contributed by atoms with E-state index in [1.54, 1.807) is 0 Å². The van der Waals surface area contributed by atoms with Crippen molar-refractivity contribution in [1.82, 2.24) is 23.9 Å². The van der Waals surface area contributed by atoms with Gasteiger partial charge in [-0.2, -0.15) is 5.26 Å². The third kappa shape index (κ3) is 3.80. The van der Waals surface area contributed by atoms with Crippen LogP contribution in [0.15, 0.2) is 67.1 Å². The summed E-state index contributed by atoms with van der Waals surface area (Å²) in [6.07, 6.45) is 8.08. The lowest BCUT2D eigenvalue weighted by atomic mass is 10.0. The molecule has 180 valence electrons. The quantitative estimate of drug-likeness (QED) is 0.387. The highest BCUT2D eigenvalue weighted by molar-refractivity contribution is 5.95. The van der Waals surface area contributed by atoms with Crippen molar-refractivity contribution in [2.24, 2.45) is 0 Å². The van der Waals surface area contributed by atoms with Crippen LogP contribution in [0.4, 0.5) is 0 Å². The first kappa shape index (κ1) is 22.3. The summed E-state index contributed by atoms with van der Waals surface area (Å²) in [7, 11) is 4.18. The maximum absolute atomic E-state index is 13.5. The Hall–Kier alpha value is -4.15. The number of fused-ring (bicyclic) bond motifs is 5. The maximum atomic E-state index is 13.5. The van der Waals surface area contributed by atoms with E-state index < -0.39 is 0 Å². The summed E-state index contributed by atoms with van der Waals surface area (Å²) in [5.74, 6) is 0.975.